The van der Waals surface area contributed by atoms with Gasteiger partial charge in [-0.2, -0.15) is 0 Å². The van der Waals surface area contributed by atoms with Gasteiger partial charge in [0.05, 0.1) is 10.9 Å². The molecule has 1 aliphatic heterocycles. The molecule has 1 heterocycles. The van der Waals surface area contributed by atoms with Crippen LogP contribution in [0, 0.1) is 0 Å². The number of carbonyl (C=O) groups excluding carboxylic acids is 1. The smallest absolute Gasteiger partial charge is 0.220 e. The Labute approximate surface area is 159 Å². The van der Waals surface area contributed by atoms with E-state index in [0.29, 0.717) is 26.1 Å². The van der Waals surface area contributed by atoms with E-state index >= 15 is 0 Å². The Balaban J connectivity index is 1.54. The SMILES string of the molecule is C[C@@H](NC(=O)CCc1ccc2c(c1)OCCO2)c1ccc(S(C)(=O)=O)cc1. The summed E-state index contributed by atoms with van der Waals surface area (Å²) >= 11 is 0. The maximum Gasteiger partial charge on any atom is 0.220 e. The van der Waals surface area contributed by atoms with Crippen LogP contribution in [0.25, 0.3) is 0 Å². The van der Waals surface area contributed by atoms with E-state index in [1.165, 1.54) is 6.26 Å². The molecular formula is C20H23NO5S. The Morgan fingerprint density at radius 1 is 1.07 bits per heavy atom. The van der Waals surface area contributed by atoms with E-state index in [-0.39, 0.29) is 16.8 Å². The Hall–Kier alpha value is -2.54. The molecular weight excluding hydrogens is 366 g/mol. The van der Waals surface area contributed by atoms with Crippen LogP contribution in [0.3, 0.4) is 0 Å². The average molecular weight is 389 g/mol. The van der Waals surface area contributed by atoms with Crippen LogP contribution >= 0.6 is 0 Å². The van der Waals surface area contributed by atoms with Gasteiger partial charge in [0.2, 0.25) is 5.91 Å². The summed E-state index contributed by atoms with van der Waals surface area (Å²) in [4.78, 5) is 12.5. The molecule has 2 aromatic rings. The van der Waals surface area contributed by atoms with Crippen LogP contribution in [0.1, 0.15) is 30.5 Å². The minimum Gasteiger partial charge on any atom is -0.486 e. The lowest BCUT2D eigenvalue weighted by molar-refractivity contribution is -0.121. The highest BCUT2D eigenvalue weighted by molar-refractivity contribution is 7.90. The Morgan fingerprint density at radius 2 is 1.74 bits per heavy atom. The summed E-state index contributed by atoms with van der Waals surface area (Å²) in [5, 5.41) is 2.94. The molecule has 7 heteroatoms. The van der Waals surface area contributed by atoms with Gasteiger partial charge in [0.15, 0.2) is 21.3 Å². The number of fused-ring (bicyclic) bond motifs is 1. The minimum absolute atomic E-state index is 0.0652. The third kappa shape index (κ3) is 5.01. The lowest BCUT2D eigenvalue weighted by atomic mass is 10.1. The van der Waals surface area contributed by atoms with E-state index in [0.717, 1.165) is 22.6 Å². The van der Waals surface area contributed by atoms with Gasteiger partial charge in [-0.25, -0.2) is 8.42 Å². The van der Waals surface area contributed by atoms with Gasteiger partial charge in [0.1, 0.15) is 13.2 Å². The van der Waals surface area contributed by atoms with Crippen molar-refractivity contribution in [1.82, 2.24) is 5.32 Å². The number of ether oxygens (including phenoxy) is 2. The van der Waals surface area contributed by atoms with Crippen molar-refractivity contribution in [1.29, 1.82) is 0 Å². The summed E-state index contributed by atoms with van der Waals surface area (Å²) in [5.74, 6) is 1.39. The number of hydrogen-bond acceptors (Lipinski definition) is 5. The zero-order chi connectivity index (χ0) is 19.4. The van der Waals surface area contributed by atoms with Gasteiger partial charge in [0, 0.05) is 12.7 Å². The van der Waals surface area contributed by atoms with E-state index in [2.05, 4.69) is 5.32 Å². The molecule has 1 aliphatic rings. The Bertz CT molecular complexity index is 922. The minimum atomic E-state index is -3.22. The Kier molecular flexibility index (Phi) is 5.70. The maximum atomic E-state index is 12.3. The van der Waals surface area contributed by atoms with Crippen molar-refractivity contribution in [3.63, 3.8) is 0 Å². The largest absolute Gasteiger partial charge is 0.486 e. The molecule has 0 saturated heterocycles. The normalized spacial score (nSPS) is 14.4. The summed E-state index contributed by atoms with van der Waals surface area (Å²) in [7, 11) is -3.22. The van der Waals surface area contributed by atoms with Crippen molar-refractivity contribution in [2.45, 2.75) is 30.7 Å². The first-order valence-corrected chi connectivity index (χ1v) is 10.7. The predicted octanol–water partition coefficient (Wildman–Crippen LogP) is 2.67. The molecule has 3 rings (SSSR count). The van der Waals surface area contributed by atoms with E-state index in [9.17, 15) is 13.2 Å². The van der Waals surface area contributed by atoms with Crippen LogP contribution in [-0.4, -0.2) is 33.8 Å². The van der Waals surface area contributed by atoms with Crippen LogP contribution in [-0.2, 0) is 21.1 Å². The molecule has 0 fully saturated rings. The molecule has 144 valence electrons. The van der Waals surface area contributed by atoms with Crippen molar-refractivity contribution in [3.8, 4) is 11.5 Å². The summed E-state index contributed by atoms with van der Waals surface area (Å²) < 4.78 is 34.1. The molecule has 1 N–H and O–H groups in total. The second-order valence-corrected chi connectivity index (χ2v) is 8.62. The number of aryl methyl sites for hydroxylation is 1. The molecule has 0 bridgehead atoms. The lowest BCUT2D eigenvalue weighted by Gasteiger charge is -2.19. The van der Waals surface area contributed by atoms with Crippen molar-refractivity contribution in [2.24, 2.45) is 0 Å². The molecule has 6 nitrogen and oxygen atoms in total. The molecule has 27 heavy (non-hydrogen) atoms. The van der Waals surface area contributed by atoms with Crippen molar-refractivity contribution >= 4 is 15.7 Å². The quantitative estimate of drug-likeness (QED) is 0.821. The number of benzene rings is 2. The summed E-state index contributed by atoms with van der Waals surface area (Å²) in [6, 6.07) is 12.1. The first kappa shape index (κ1) is 19.2. The van der Waals surface area contributed by atoms with Gasteiger partial charge in [-0.05, 0) is 48.7 Å². The second-order valence-electron chi connectivity index (χ2n) is 6.61. The average Bonchev–Trinajstić information content (AvgIpc) is 2.65. The summed E-state index contributed by atoms with van der Waals surface area (Å²) in [6.07, 6.45) is 2.12. The third-order valence-corrected chi connectivity index (χ3v) is 5.56. The lowest BCUT2D eigenvalue weighted by Crippen LogP contribution is -2.26. The van der Waals surface area contributed by atoms with E-state index in [1.54, 1.807) is 24.3 Å². The number of carbonyl (C=O) groups is 1. The number of hydrogen-bond donors (Lipinski definition) is 1. The van der Waals surface area contributed by atoms with Gasteiger partial charge < -0.3 is 14.8 Å². The van der Waals surface area contributed by atoms with Gasteiger partial charge >= 0.3 is 0 Å². The molecule has 0 spiro atoms. The zero-order valence-electron chi connectivity index (χ0n) is 15.4. The van der Waals surface area contributed by atoms with Crippen LogP contribution < -0.4 is 14.8 Å². The van der Waals surface area contributed by atoms with Gasteiger partial charge in [-0.1, -0.05) is 18.2 Å². The van der Waals surface area contributed by atoms with E-state index in [1.807, 2.05) is 25.1 Å². The number of rotatable bonds is 6. The molecule has 0 saturated carbocycles. The molecule has 0 radical (unpaired) electrons. The highest BCUT2D eigenvalue weighted by Crippen LogP contribution is 2.31. The Morgan fingerprint density at radius 3 is 2.41 bits per heavy atom. The van der Waals surface area contributed by atoms with E-state index in [4.69, 9.17) is 9.47 Å². The highest BCUT2D eigenvalue weighted by Gasteiger charge is 2.14. The fraction of sp³-hybridized carbons (Fsp3) is 0.350. The molecule has 0 unspecified atom stereocenters. The van der Waals surface area contributed by atoms with Crippen LogP contribution in [0.2, 0.25) is 0 Å². The van der Waals surface area contributed by atoms with Crippen LogP contribution in [0.4, 0.5) is 0 Å². The number of sulfone groups is 1. The molecule has 1 amide bonds. The standard InChI is InChI=1S/C20H23NO5S/c1-14(16-5-7-17(8-6-16)27(2,23)24)21-20(22)10-4-15-3-9-18-19(13-15)26-12-11-25-18/h3,5-9,13-14H,4,10-12H2,1-2H3,(H,21,22)/t14-/m1/s1. The first-order valence-electron chi connectivity index (χ1n) is 8.81. The van der Waals surface area contributed by atoms with E-state index < -0.39 is 9.84 Å². The van der Waals surface area contributed by atoms with Crippen molar-refractivity contribution in [2.75, 3.05) is 19.5 Å². The van der Waals surface area contributed by atoms with Gasteiger partial charge in [-0.3, -0.25) is 4.79 Å². The van der Waals surface area contributed by atoms with Crippen LogP contribution in [0.5, 0.6) is 11.5 Å². The summed E-state index contributed by atoms with van der Waals surface area (Å²) in [6.45, 7) is 2.96. The molecule has 2 aromatic carbocycles. The van der Waals surface area contributed by atoms with Gasteiger partial charge in [-0.15, -0.1) is 0 Å². The fourth-order valence-corrected chi connectivity index (χ4v) is 3.53. The topological polar surface area (TPSA) is 81.7 Å². The third-order valence-electron chi connectivity index (χ3n) is 4.43. The maximum absolute atomic E-state index is 12.3. The monoisotopic (exact) mass is 389 g/mol. The predicted molar refractivity (Wildman–Crippen MR) is 102 cm³/mol. The fourth-order valence-electron chi connectivity index (χ4n) is 2.90. The number of amides is 1. The van der Waals surface area contributed by atoms with Gasteiger partial charge in [0.25, 0.3) is 0 Å². The first-order chi connectivity index (χ1) is 12.8. The highest BCUT2D eigenvalue weighted by atomic mass is 32.2. The summed E-state index contributed by atoms with van der Waals surface area (Å²) in [5.41, 5.74) is 1.87. The molecule has 0 aliphatic carbocycles. The molecule has 1 atom stereocenters. The van der Waals surface area contributed by atoms with Crippen molar-refractivity contribution < 1.29 is 22.7 Å². The second kappa shape index (κ2) is 8.00. The number of nitrogens with one attached hydrogen (secondary N) is 1. The van der Waals surface area contributed by atoms with Crippen LogP contribution in [0.15, 0.2) is 47.4 Å². The zero-order valence-corrected chi connectivity index (χ0v) is 16.2. The molecule has 0 aromatic heterocycles. The van der Waals surface area contributed by atoms with Crippen molar-refractivity contribution in [3.05, 3.63) is 53.6 Å².